The highest BCUT2D eigenvalue weighted by molar-refractivity contribution is 6.31. The number of aromatic nitrogens is 2. The van der Waals surface area contributed by atoms with Gasteiger partial charge in [-0.3, -0.25) is 4.79 Å². The minimum atomic E-state index is -0.174. The molecule has 3 aromatic rings. The maximum atomic E-state index is 12.8. The first-order chi connectivity index (χ1) is 13.0. The third kappa shape index (κ3) is 4.44. The summed E-state index contributed by atoms with van der Waals surface area (Å²) in [4.78, 5) is 18.8. The predicted octanol–water partition coefficient (Wildman–Crippen LogP) is 4.84. The molecule has 0 aliphatic heterocycles. The van der Waals surface area contributed by atoms with Crippen molar-refractivity contribution in [2.24, 2.45) is 0 Å². The van der Waals surface area contributed by atoms with E-state index >= 15 is 0 Å². The van der Waals surface area contributed by atoms with Gasteiger partial charge in [-0.2, -0.15) is 4.98 Å². The van der Waals surface area contributed by atoms with E-state index in [9.17, 15) is 4.79 Å². The van der Waals surface area contributed by atoms with Crippen LogP contribution in [-0.4, -0.2) is 27.5 Å². The molecule has 0 fully saturated rings. The lowest BCUT2D eigenvalue weighted by Gasteiger charge is -2.19. The van der Waals surface area contributed by atoms with Crippen LogP contribution < -0.4 is 0 Å². The Morgan fingerprint density at radius 3 is 2.63 bits per heavy atom. The van der Waals surface area contributed by atoms with Crippen molar-refractivity contribution in [3.63, 3.8) is 0 Å². The average Bonchev–Trinajstić information content (AvgIpc) is 3.12. The van der Waals surface area contributed by atoms with Gasteiger partial charge < -0.3 is 9.42 Å². The van der Waals surface area contributed by atoms with E-state index in [0.29, 0.717) is 28.8 Å². The van der Waals surface area contributed by atoms with Crippen molar-refractivity contribution >= 4 is 17.5 Å². The van der Waals surface area contributed by atoms with Crippen LogP contribution in [0.1, 0.15) is 27.4 Å². The third-order valence-electron chi connectivity index (χ3n) is 4.16. The van der Waals surface area contributed by atoms with Crippen LogP contribution in [0.3, 0.4) is 0 Å². The van der Waals surface area contributed by atoms with Gasteiger partial charge in [-0.05, 0) is 31.5 Å². The van der Waals surface area contributed by atoms with Crippen LogP contribution in [0.15, 0.2) is 59.6 Å². The van der Waals surface area contributed by atoms with Crippen molar-refractivity contribution < 1.29 is 9.32 Å². The number of carbonyl (C=O) groups is 1. The molecule has 6 heteroatoms. The Kier molecular flexibility index (Phi) is 5.72. The molecule has 3 rings (SSSR count). The molecule has 1 aromatic heterocycles. The maximum absolute atomic E-state index is 12.8. The van der Waals surface area contributed by atoms with Gasteiger partial charge in [0.1, 0.15) is 6.54 Å². The lowest BCUT2D eigenvalue weighted by Crippen LogP contribution is -2.30. The predicted molar refractivity (Wildman–Crippen MR) is 106 cm³/mol. The van der Waals surface area contributed by atoms with E-state index in [2.05, 4.69) is 16.7 Å². The standard InChI is InChI=1S/C21H20ClN3O2/c1-4-11-25(21(26)17-10-7-15(3)18(22)12-17)13-19-23-20(24-27-19)16-8-5-14(2)6-9-16/h4-10,12H,1,11,13H2,2-3H3. The first-order valence-corrected chi connectivity index (χ1v) is 8.91. The Morgan fingerprint density at radius 2 is 1.96 bits per heavy atom. The Bertz CT molecular complexity index is 964. The highest BCUT2D eigenvalue weighted by Gasteiger charge is 2.19. The molecule has 0 radical (unpaired) electrons. The van der Waals surface area contributed by atoms with Gasteiger partial charge in [0.2, 0.25) is 11.7 Å². The summed E-state index contributed by atoms with van der Waals surface area (Å²) in [6, 6.07) is 13.1. The average molecular weight is 382 g/mol. The smallest absolute Gasteiger partial charge is 0.254 e. The third-order valence-corrected chi connectivity index (χ3v) is 4.57. The van der Waals surface area contributed by atoms with Crippen LogP contribution in [0.4, 0.5) is 0 Å². The molecule has 27 heavy (non-hydrogen) atoms. The monoisotopic (exact) mass is 381 g/mol. The Hall–Kier alpha value is -2.92. The minimum Gasteiger partial charge on any atom is -0.337 e. The highest BCUT2D eigenvalue weighted by Crippen LogP contribution is 2.20. The fraction of sp³-hybridized carbons (Fsp3) is 0.190. The molecular weight excluding hydrogens is 362 g/mol. The van der Waals surface area contributed by atoms with Gasteiger partial charge in [0.15, 0.2) is 0 Å². The van der Waals surface area contributed by atoms with E-state index in [-0.39, 0.29) is 12.5 Å². The summed E-state index contributed by atoms with van der Waals surface area (Å²) in [6.45, 7) is 8.18. The largest absolute Gasteiger partial charge is 0.337 e. The molecule has 0 unspecified atom stereocenters. The molecule has 0 aliphatic carbocycles. The van der Waals surface area contributed by atoms with E-state index < -0.39 is 0 Å². The number of carbonyl (C=O) groups excluding carboxylic acids is 1. The molecule has 0 spiro atoms. The summed E-state index contributed by atoms with van der Waals surface area (Å²) in [5.41, 5.74) is 3.44. The zero-order valence-corrected chi connectivity index (χ0v) is 16.0. The van der Waals surface area contributed by atoms with Crippen molar-refractivity contribution in [3.05, 3.63) is 82.7 Å². The zero-order valence-electron chi connectivity index (χ0n) is 15.3. The van der Waals surface area contributed by atoms with Gasteiger partial charge >= 0.3 is 0 Å². The molecule has 0 bridgehead atoms. The fourth-order valence-electron chi connectivity index (χ4n) is 2.59. The second kappa shape index (κ2) is 8.18. The van der Waals surface area contributed by atoms with Crippen molar-refractivity contribution in [2.75, 3.05) is 6.54 Å². The maximum Gasteiger partial charge on any atom is 0.254 e. The van der Waals surface area contributed by atoms with E-state index in [0.717, 1.165) is 16.7 Å². The van der Waals surface area contributed by atoms with E-state index in [1.165, 1.54) is 0 Å². The van der Waals surface area contributed by atoms with Gasteiger partial charge in [0.25, 0.3) is 5.91 Å². The second-order valence-corrected chi connectivity index (χ2v) is 6.72. The molecule has 0 atom stereocenters. The molecule has 0 N–H and O–H groups in total. The lowest BCUT2D eigenvalue weighted by molar-refractivity contribution is 0.0745. The number of aryl methyl sites for hydroxylation is 2. The quantitative estimate of drug-likeness (QED) is 0.573. The van der Waals surface area contributed by atoms with E-state index in [1.54, 1.807) is 23.1 Å². The van der Waals surface area contributed by atoms with Crippen molar-refractivity contribution in [2.45, 2.75) is 20.4 Å². The second-order valence-electron chi connectivity index (χ2n) is 6.32. The lowest BCUT2D eigenvalue weighted by atomic mass is 10.1. The van der Waals surface area contributed by atoms with Crippen LogP contribution in [0.5, 0.6) is 0 Å². The highest BCUT2D eigenvalue weighted by atomic mass is 35.5. The molecule has 1 amide bonds. The van der Waals surface area contributed by atoms with Crippen LogP contribution in [0.2, 0.25) is 5.02 Å². The van der Waals surface area contributed by atoms with E-state index in [4.69, 9.17) is 16.1 Å². The van der Waals surface area contributed by atoms with Gasteiger partial charge in [0, 0.05) is 22.7 Å². The van der Waals surface area contributed by atoms with E-state index in [1.807, 2.05) is 44.2 Å². The summed E-state index contributed by atoms with van der Waals surface area (Å²) >= 11 is 6.15. The number of halogens is 1. The number of amides is 1. The summed E-state index contributed by atoms with van der Waals surface area (Å²) in [5.74, 6) is 0.681. The Balaban J connectivity index is 1.80. The fourth-order valence-corrected chi connectivity index (χ4v) is 2.77. The van der Waals surface area contributed by atoms with Crippen LogP contribution in [-0.2, 0) is 6.54 Å². The van der Waals surface area contributed by atoms with Gasteiger partial charge in [-0.15, -0.1) is 6.58 Å². The van der Waals surface area contributed by atoms with Gasteiger partial charge in [-0.25, -0.2) is 0 Å². The number of benzene rings is 2. The minimum absolute atomic E-state index is 0.174. The first kappa shape index (κ1) is 18.9. The molecule has 5 nitrogen and oxygen atoms in total. The Labute approximate surface area is 163 Å². The Morgan fingerprint density at radius 1 is 1.22 bits per heavy atom. The van der Waals surface area contributed by atoms with Gasteiger partial charge in [0.05, 0.1) is 0 Å². The summed E-state index contributed by atoms with van der Waals surface area (Å²) in [6.07, 6.45) is 1.66. The molecule has 2 aromatic carbocycles. The SMILES string of the molecule is C=CCN(Cc1nc(-c2ccc(C)cc2)no1)C(=O)c1ccc(C)c(Cl)c1. The summed E-state index contributed by atoms with van der Waals surface area (Å²) in [5, 5.41) is 4.57. The van der Waals surface area contributed by atoms with Crippen LogP contribution in [0.25, 0.3) is 11.4 Å². The summed E-state index contributed by atoms with van der Waals surface area (Å²) < 4.78 is 5.34. The summed E-state index contributed by atoms with van der Waals surface area (Å²) in [7, 11) is 0. The number of rotatable bonds is 6. The molecule has 138 valence electrons. The molecule has 0 saturated carbocycles. The van der Waals surface area contributed by atoms with Crippen molar-refractivity contribution in [1.29, 1.82) is 0 Å². The molecule has 0 saturated heterocycles. The molecule has 1 heterocycles. The zero-order chi connectivity index (χ0) is 19.4. The van der Waals surface area contributed by atoms with Crippen LogP contribution in [0, 0.1) is 13.8 Å². The topological polar surface area (TPSA) is 59.2 Å². The molecule has 0 aliphatic rings. The van der Waals surface area contributed by atoms with Crippen molar-refractivity contribution in [1.82, 2.24) is 15.0 Å². The van der Waals surface area contributed by atoms with Crippen molar-refractivity contribution in [3.8, 4) is 11.4 Å². The normalized spacial score (nSPS) is 10.6. The number of nitrogens with zero attached hydrogens (tertiary/aromatic N) is 3. The molecular formula is C21H20ClN3O2. The number of hydrogen-bond acceptors (Lipinski definition) is 4. The van der Waals surface area contributed by atoms with Gasteiger partial charge in [-0.1, -0.05) is 58.7 Å². The number of hydrogen-bond donors (Lipinski definition) is 0. The van der Waals surface area contributed by atoms with Crippen LogP contribution >= 0.6 is 11.6 Å². The first-order valence-electron chi connectivity index (χ1n) is 8.54.